The number of ether oxygens (including phenoxy) is 1. The van der Waals surface area contributed by atoms with Crippen molar-refractivity contribution >= 4 is 11.9 Å². The van der Waals surface area contributed by atoms with E-state index in [1.807, 2.05) is 36.4 Å². The number of esters is 1. The first kappa shape index (κ1) is 17.2. The van der Waals surface area contributed by atoms with Crippen LogP contribution in [0.25, 0.3) is 11.3 Å². The molecular formula is C19H22N2O4. The number of carbonyl (C=O) groups is 2. The molecule has 0 unspecified atom stereocenters. The van der Waals surface area contributed by atoms with E-state index >= 15 is 0 Å². The van der Waals surface area contributed by atoms with Crippen LogP contribution < -0.4 is 5.32 Å². The van der Waals surface area contributed by atoms with Crippen LogP contribution in [0.1, 0.15) is 26.0 Å². The molecule has 3 rings (SSSR count). The van der Waals surface area contributed by atoms with E-state index in [1.54, 1.807) is 0 Å². The fourth-order valence-electron chi connectivity index (χ4n) is 3.32. The van der Waals surface area contributed by atoms with Crippen molar-refractivity contribution < 1.29 is 18.8 Å². The zero-order chi connectivity index (χ0) is 18.0. The van der Waals surface area contributed by atoms with Gasteiger partial charge in [-0.1, -0.05) is 49.3 Å². The summed E-state index contributed by atoms with van der Waals surface area (Å²) in [4.78, 5) is 22.9. The smallest absolute Gasteiger partial charge is 0.396 e. The molecule has 1 N–H and O–H groups in total. The first-order valence-electron chi connectivity index (χ1n) is 8.31. The van der Waals surface area contributed by atoms with Crippen molar-refractivity contribution in [2.75, 3.05) is 7.11 Å². The van der Waals surface area contributed by atoms with Gasteiger partial charge in [-0.15, -0.1) is 0 Å². The summed E-state index contributed by atoms with van der Waals surface area (Å²) in [5.41, 5.74) is 1.77. The lowest BCUT2D eigenvalue weighted by atomic mass is 9.57. The van der Waals surface area contributed by atoms with Crippen LogP contribution in [0.3, 0.4) is 0 Å². The molecule has 1 aliphatic rings. The number of aromatic nitrogens is 1. The number of amides is 1. The van der Waals surface area contributed by atoms with Gasteiger partial charge in [-0.3, -0.25) is 4.79 Å². The number of benzene rings is 1. The maximum absolute atomic E-state index is 11.7. The maximum atomic E-state index is 11.7. The number of hydrogen-bond donors (Lipinski definition) is 1. The second-order valence-corrected chi connectivity index (χ2v) is 7.02. The normalized spacial score (nSPS) is 21.2. The maximum Gasteiger partial charge on any atom is 0.396 e. The van der Waals surface area contributed by atoms with Gasteiger partial charge in [0.1, 0.15) is 0 Å². The van der Waals surface area contributed by atoms with E-state index in [1.165, 1.54) is 7.11 Å². The Labute approximate surface area is 146 Å². The zero-order valence-electron chi connectivity index (χ0n) is 14.6. The number of methoxy groups -OCH3 is 1. The molecule has 0 spiro atoms. The highest BCUT2D eigenvalue weighted by Gasteiger charge is 2.49. The third-order valence-electron chi connectivity index (χ3n) is 5.22. The zero-order valence-corrected chi connectivity index (χ0v) is 14.6. The second kappa shape index (κ2) is 6.70. The summed E-state index contributed by atoms with van der Waals surface area (Å²) in [5.74, 6) is -0.442. The van der Waals surface area contributed by atoms with Crippen LogP contribution in [0.5, 0.6) is 0 Å². The average molecular weight is 342 g/mol. The molecule has 1 fully saturated rings. The SMILES string of the molecule is COC(=O)C(=O)N[C@H]1C[C@@H](Cc2cc(-c3ccccc3)on2)C1(C)C. The average Bonchev–Trinajstić information content (AvgIpc) is 3.09. The third-order valence-corrected chi connectivity index (χ3v) is 5.22. The molecule has 6 nitrogen and oxygen atoms in total. The lowest BCUT2D eigenvalue weighted by Gasteiger charge is -2.52. The minimum atomic E-state index is -0.858. The number of hydrogen-bond acceptors (Lipinski definition) is 5. The highest BCUT2D eigenvalue weighted by atomic mass is 16.5. The number of nitrogens with zero attached hydrogens (tertiary/aromatic N) is 1. The van der Waals surface area contributed by atoms with Gasteiger partial charge in [0.05, 0.1) is 12.8 Å². The Balaban J connectivity index is 1.61. The van der Waals surface area contributed by atoms with Gasteiger partial charge < -0.3 is 14.6 Å². The molecule has 2 aromatic rings. The Kier molecular flexibility index (Phi) is 4.61. The summed E-state index contributed by atoms with van der Waals surface area (Å²) < 4.78 is 9.89. The molecule has 1 aromatic heterocycles. The molecule has 1 heterocycles. The van der Waals surface area contributed by atoms with Gasteiger partial charge in [-0.25, -0.2) is 4.79 Å². The van der Waals surface area contributed by atoms with Crippen molar-refractivity contribution in [3.63, 3.8) is 0 Å². The van der Waals surface area contributed by atoms with E-state index in [0.717, 1.165) is 29.9 Å². The molecule has 6 heteroatoms. The van der Waals surface area contributed by atoms with Gasteiger partial charge in [0.2, 0.25) is 0 Å². The van der Waals surface area contributed by atoms with Gasteiger partial charge in [0, 0.05) is 17.7 Å². The predicted molar refractivity (Wildman–Crippen MR) is 91.5 cm³/mol. The minimum Gasteiger partial charge on any atom is -0.462 e. The van der Waals surface area contributed by atoms with Crippen LogP contribution in [-0.4, -0.2) is 30.2 Å². The van der Waals surface area contributed by atoms with E-state index in [4.69, 9.17) is 4.52 Å². The number of rotatable bonds is 4. The Morgan fingerprint density at radius 1 is 1.32 bits per heavy atom. The van der Waals surface area contributed by atoms with Crippen LogP contribution in [0.4, 0.5) is 0 Å². The van der Waals surface area contributed by atoms with Crippen molar-refractivity contribution in [3.05, 3.63) is 42.1 Å². The Hall–Kier alpha value is -2.63. The van der Waals surface area contributed by atoms with Crippen molar-refractivity contribution in [3.8, 4) is 11.3 Å². The lowest BCUT2D eigenvalue weighted by molar-refractivity contribution is -0.154. The predicted octanol–water partition coefficient (Wildman–Crippen LogP) is 2.59. The van der Waals surface area contributed by atoms with Gasteiger partial charge >= 0.3 is 11.9 Å². The van der Waals surface area contributed by atoms with E-state index < -0.39 is 11.9 Å². The summed E-state index contributed by atoms with van der Waals surface area (Å²) in [6.07, 6.45) is 1.57. The first-order chi connectivity index (χ1) is 11.9. The lowest BCUT2D eigenvalue weighted by Crippen LogP contribution is -2.59. The van der Waals surface area contributed by atoms with Crippen molar-refractivity contribution in [2.24, 2.45) is 11.3 Å². The summed E-state index contributed by atoms with van der Waals surface area (Å²) in [6, 6.07) is 11.8. The van der Waals surface area contributed by atoms with Crippen molar-refractivity contribution in [2.45, 2.75) is 32.7 Å². The topological polar surface area (TPSA) is 81.4 Å². The van der Waals surface area contributed by atoms with Gasteiger partial charge in [-0.2, -0.15) is 0 Å². The molecule has 1 saturated carbocycles. The Morgan fingerprint density at radius 2 is 2.04 bits per heavy atom. The van der Waals surface area contributed by atoms with Crippen LogP contribution >= 0.6 is 0 Å². The number of carbonyl (C=O) groups excluding carboxylic acids is 2. The standard InChI is InChI=1S/C19H22N2O4/c1-19(2)13(10-16(19)20-17(22)18(23)24-3)9-14-11-15(25-21-14)12-7-5-4-6-8-12/h4-8,11,13,16H,9-10H2,1-3H3,(H,20,22)/t13-,16+/m1/s1. The van der Waals surface area contributed by atoms with E-state index in [0.29, 0.717) is 5.92 Å². The molecule has 2 atom stereocenters. The molecule has 0 radical (unpaired) electrons. The molecule has 1 aromatic carbocycles. The molecule has 1 amide bonds. The quantitative estimate of drug-likeness (QED) is 0.682. The first-order valence-corrected chi connectivity index (χ1v) is 8.31. The minimum absolute atomic E-state index is 0.0513. The molecule has 25 heavy (non-hydrogen) atoms. The molecule has 0 aliphatic heterocycles. The number of nitrogens with one attached hydrogen (secondary N) is 1. The van der Waals surface area contributed by atoms with Crippen LogP contribution in [0.15, 0.2) is 40.9 Å². The van der Waals surface area contributed by atoms with Crippen molar-refractivity contribution in [1.29, 1.82) is 0 Å². The van der Waals surface area contributed by atoms with Gasteiger partial charge in [-0.05, 0) is 24.2 Å². The van der Waals surface area contributed by atoms with Crippen molar-refractivity contribution in [1.82, 2.24) is 10.5 Å². The largest absolute Gasteiger partial charge is 0.462 e. The Bertz CT molecular complexity index is 767. The molecule has 1 aliphatic carbocycles. The molecule has 132 valence electrons. The van der Waals surface area contributed by atoms with Crippen LogP contribution in [0.2, 0.25) is 0 Å². The summed E-state index contributed by atoms with van der Waals surface area (Å²) in [7, 11) is 1.20. The third kappa shape index (κ3) is 3.43. The fraction of sp³-hybridized carbons (Fsp3) is 0.421. The monoisotopic (exact) mass is 342 g/mol. The van der Waals surface area contributed by atoms with E-state index in [-0.39, 0.29) is 11.5 Å². The Morgan fingerprint density at radius 3 is 2.68 bits per heavy atom. The summed E-state index contributed by atoms with van der Waals surface area (Å²) in [6.45, 7) is 4.17. The highest BCUT2D eigenvalue weighted by molar-refractivity contribution is 6.32. The molecule has 0 saturated heterocycles. The highest BCUT2D eigenvalue weighted by Crippen LogP contribution is 2.47. The fourth-order valence-corrected chi connectivity index (χ4v) is 3.32. The second-order valence-electron chi connectivity index (χ2n) is 7.02. The summed E-state index contributed by atoms with van der Waals surface area (Å²) in [5, 5.41) is 6.92. The van der Waals surface area contributed by atoms with E-state index in [9.17, 15) is 9.59 Å². The van der Waals surface area contributed by atoms with Gasteiger partial charge in [0.25, 0.3) is 0 Å². The van der Waals surface area contributed by atoms with Crippen LogP contribution in [0, 0.1) is 11.3 Å². The molecule has 0 bridgehead atoms. The molecular weight excluding hydrogens is 320 g/mol. The summed E-state index contributed by atoms with van der Waals surface area (Å²) >= 11 is 0. The van der Waals surface area contributed by atoms with Crippen LogP contribution in [-0.2, 0) is 20.7 Å². The van der Waals surface area contributed by atoms with E-state index in [2.05, 4.69) is 29.1 Å². The van der Waals surface area contributed by atoms with Gasteiger partial charge in [0.15, 0.2) is 5.76 Å².